The maximum atomic E-state index is 11.8. The van der Waals surface area contributed by atoms with Crippen molar-refractivity contribution in [2.75, 3.05) is 33.2 Å². The highest BCUT2D eigenvalue weighted by molar-refractivity contribution is 7.09. The van der Waals surface area contributed by atoms with Crippen LogP contribution in [0.1, 0.15) is 24.3 Å². The molecule has 4 rings (SSSR count). The highest BCUT2D eigenvalue weighted by atomic mass is 32.1. The molecule has 138 valence electrons. The molecule has 2 saturated heterocycles. The molecule has 1 atom stereocenters. The predicted octanol–water partition coefficient (Wildman–Crippen LogP) is 2.60. The maximum Gasteiger partial charge on any atom is 0.220 e. The van der Waals surface area contributed by atoms with Gasteiger partial charge in [0.2, 0.25) is 5.91 Å². The van der Waals surface area contributed by atoms with E-state index in [0.717, 1.165) is 51.3 Å². The third kappa shape index (κ3) is 3.68. The molecule has 0 aliphatic carbocycles. The van der Waals surface area contributed by atoms with Crippen molar-refractivity contribution < 1.29 is 4.79 Å². The number of carbonyl (C=O) groups excluding carboxylic acids is 1. The van der Waals surface area contributed by atoms with Gasteiger partial charge in [0.05, 0.1) is 12.2 Å². The van der Waals surface area contributed by atoms with Gasteiger partial charge in [-0.3, -0.25) is 14.6 Å². The molecule has 2 aliphatic heterocycles. The van der Waals surface area contributed by atoms with E-state index in [1.807, 2.05) is 6.07 Å². The molecule has 6 heteroatoms. The Morgan fingerprint density at radius 2 is 2.08 bits per heavy atom. The summed E-state index contributed by atoms with van der Waals surface area (Å²) in [4.78, 5) is 21.6. The summed E-state index contributed by atoms with van der Waals surface area (Å²) in [5.74, 6) is 0.194. The summed E-state index contributed by atoms with van der Waals surface area (Å²) >= 11 is 1.75. The number of hydrogen-bond donors (Lipinski definition) is 1. The van der Waals surface area contributed by atoms with E-state index in [0.29, 0.717) is 6.42 Å². The Morgan fingerprint density at radius 3 is 2.92 bits per heavy atom. The number of benzene rings is 1. The van der Waals surface area contributed by atoms with Crippen molar-refractivity contribution in [2.45, 2.75) is 31.3 Å². The lowest BCUT2D eigenvalue weighted by atomic mass is 9.86. The largest absolute Gasteiger partial charge is 0.356 e. The van der Waals surface area contributed by atoms with Gasteiger partial charge in [0.1, 0.15) is 5.01 Å². The Bertz CT molecular complexity index is 762. The van der Waals surface area contributed by atoms with Gasteiger partial charge in [0, 0.05) is 49.1 Å². The van der Waals surface area contributed by atoms with Gasteiger partial charge in [-0.15, -0.1) is 11.3 Å². The minimum absolute atomic E-state index is 0.108. The van der Waals surface area contributed by atoms with E-state index in [2.05, 4.69) is 51.8 Å². The molecule has 1 aromatic carbocycles. The first-order valence-electron chi connectivity index (χ1n) is 9.35. The second kappa shape index (κ2) is 7.47. The molecule has 0 bridgehead atoms. The van der Waals surface area contributed by atoms with Crippen molar-refractivity contribution in [3.8, 4) is 11.3 Å². The Hall–Kier alpha value is -1.76. The molecule has 3 heterocycles. The number of aromatic nitrogens is 1. The van der Waals surface area contributed by atoms with Crippen molar-refractivity contribution in [3.63, 3.8) is 0 Å². The fourth-order valence-corrected chi connectivity index (χ4v) is 4.97. The van der Waals surface area contributed by atoms with Crippen LogP contribution in [0, 0.1) is 0 Å². The molecular formula is C20H26N4OS. The van der Waals surface area contributed by atoms with Crippen LogP contribution in [0.5, 0.6) is 0 Å². The zero-order chi connectivity index (χ0) is 18.0. The van der Waals surface area contributed by atoms with E-state index in [1.165, 1.54) is 10.6 Å². The second-order valence-corrected chi connectivity index (χ2v) is 8.39. The summed E-state index contributed by atoms with van der Waals surface area (Å²) in [6.07, 6.45) is 2.60. The Morgan fingerprint density at radius 1 is 1.23 bits per heavy atom. The van der Waals surface area contributed by atoms with Crippen LogP contribution in [0.25, 0.3) is 11.3 Å². The first-order valence-corrected chi connectivity index (χ1v) is 10.2. The van der Waals surface area contributed by atoms with E-state index in [-0.39, 0.29) is 11.4 Å². The quantitative estimate of drug-likeness (QED) is 0.902. The molecule has 1 aromatic heterocycles. The van der Waals surface area contributed by atoms with E-state index in [1.54, 1.807) is 11.3 Å². The van der Waals surface area contributed by atoms with E-state index >= 15 is 0 Å². The van der Waals surface area contributed by atoms with Crippen LogP contribution in [-0.2, 0) is 11.3 Å². The molecule has 26 heavy (non-hydrogen) atoms. The average Bonchev–Trinajstić information content (AvgIpc) is 3.04. The lowest BCUT2D eigenvalue weighted by Gasteiger charge is -2.49. The van der Waals surface area contributed by atoms with Crippen LogP contribution in [0.4, 0.5) is 0 Å². The Balaban J connectivity index is 1.45. The maximum absolute atomic E-state index is 11.8. The van der Waals surface area contributed by atoms with Gasteiger partial charge in [-0.25, -0.2) is 4.98 Å². The van der Waals surface area contributed by atoms with Gasteiger partial charge in [0.25, 0.3) is 0 Å². The highest BCUT2D eigenvalue weighted by Gasteiger charge is 2.40. The fourth-order valence-electron chi connectivity index (χ4n) is 4.13. The molecule has 1 spiro atoms. The summed E-state index contributed by atoms with van der Waals surface area (Å²) < 4.78 is 0. The van der Waals surface area contributed by atoms with Gasteiger partial charge >= 0.3 is 0 Å². The van der Waals surface area contributed by atoms with E-state index < -0.39 is 0 Å². The number of nitrogens with one attached hydrogen (secondary N) is 1. The summed E-state index contributed by atoms with van der Waals surface area (Å²) in [5, 5.41) is 6.36. The number of hydrogen-bond acceptors (Lipinski definition) is 5. The summed E-state index contributed by atoms with van der Waals surface area (Å²) in [6, 6.07) is 10.4. The molecule has 1 N–H and O–H groups in total. The van der Waals surface area contributed by atoms with Crippen LogP contribution in [0.2, 0.25) is 0 Å². The first-order chi connectivity index (χ1) is 12.6. The monoisotopic (exact) mass is 370 g/mol. The molecule has 0 saturated carbocycles. The SMILES string of the molecule is CN1CCN(Cc2nc(-c3ccccc3)cs2)CC12CCNC(=O)CC2. The van der Waals surface area contributed by atoms with Crippen molar-refractivity contribution in [3.05, 3.63) is 40.7 Å². The third-order valence-corrected chi connectivity index (χ3v) is 6.62. The smallest absolute Gasteiger partial charge is 0.220 e. The van der Waals surface area contributed by atoms with Gasteiger partial charge in [-0.05, 0) is 19.9 Å². The molecule has 2 aliphatic rings. The number of rotatable bonds is 3. The normalized spacial score (nSPS) is 25.2. The molecule has 0 radical (unpaired) electrons. The van der Waals surface area contributed by atoms with E-state index in [9.17, 15) is 4.79 Å². The minimum Gasteiger partial charge on any atom is -0.356 e. The van der Waals surface area contributed by atoms with Crippen molar-refractivity contribution in [2.24, 2.45) is 0 Å². The minimum atomic E-state index is 0.108. The molecule has 1 amide bonds. The standard InChI is InChI=1S/C20H26N4OS/c1-23-11-12-24(15-20(23)8-7-18(25)21-10-9-20)13-19-22-17(14-26-19)16-5-3-2-4-6-16/h2-6,14H,7-13,15H2,1H3,(H,21,25). The predicted molar refractivity (Wildman–Crippen MR) is 105 cm³/mol. The van der Waals surface area contributed by atoms with Gasteiger partial charge in [-0.1, -0.05) is 30.3 Å². The van der Waals surface area contributed by atoms with Crippen molar-refractivity contribution in [1.82, 2.24) is 20.1 Å². The first kappa shape index (κ1) is 17.6. The fraction of sp³-hybridized carbons (Fsp3) is 0.500. The third-order valence-electron chi connectivity index (χ3n) is 5.79. The molecule has 2 fully saturated rings. The number of piperazine rings is 1. The van der Waals surface area contributed by atoms with Crippen LogP contribution in [0.3, 0.4) is 0 Å². The summed E-state index contributed by atoms with van der Waals surface area (Å²) in [6.45, 7) is 4.80. The molecule has 1 unspecified atom stereocenters. The lowest BCUT2D eigenvalue weighted by molar-refractivity contribution is -0.121. The van der Waals surface area contributed by atoms with Crippen molar-refractivity contribution >= 4 is 17.2 Å². The number of carbonyl (C=O) groups is 1. The number of likely N-dealkylation sites (N-methyl/N-ethyl adjacent to an activating group) is 1. The van der Waals surface area contributed by atoms with Crippen LogP contribution in [-0.4, -0.2) is 59.5 Å². The molecule has 2 aromatic rings. The van der Waals surface area contributed by atoms with Crippen LogP contribution < -0.4 is 5.32 Å². The highest BCUT2D eigenvalue weighted by Crippen LogP contribution is 2.31. The van der Waals surface area contributed by atoms with Crippen molar-refractivity contribution in [1.29, 1.82) is 0 Å². The number of amides is 1. The lowest BCUT2D eigenvalue weighted by Crippen LogP contribution is -2.60. The Kier molecular flexibility index (Phi) is 5.07. The van der Waals surface area contributed by atoms with Gasteiger partial charge in [-0.2, -0.15) is 0 Å². The second-order valence-electron chi connectivity index (χ2n) is 7.45. The molecule has 5 nitrogen and oxygen atoms in total. The number of nitrogens with zero attached hydrogens (tertiary/aromatic N) is 3. The Labute approximate surface area is 159 Å². The topological polar surface area (TPSA) is 48.5 Å². The zero-order valence-corrected chi connectivity index (χ0v) is 16.1. The number of thiazole rings is 1. The summed E-state index contributed by atoms with van der Waals surface area (Å²) in [7, 11) is 2.21. The molecular weight excluding hydrogens is 344 g/mol. The van der Waals surface area contributed by atoms with E-state index in [4.69, 9.17) is 4.98 Å². The summed E-state index contributed by atoms with van der Waals surface area (Å²) in [5.41, 5.74) is 2.36. The van der Waals surface area contributed by atoms with Gasteiger partial charge in [0.15, 0.2) is 0 Å². The van der Waals surface area contributed by atoms with Gasteiger partial charge < -0.3 is 5.32 Å². The zero-order valence-electron chi connectivity index (χ0n) is 15.3. The average molecular weight is 371 g/mol. The van der Waals surface area contributed by atoms with Crippen LogP contribution in [0.15, 0.2) is 35.7 Å². The van der Waals surface area contributed by atoms with Crippen LogP contribution >= 0.6 is 11.3 Å².